The van der Waals surface area contributed by atoms with E-state index in [0.29, 0.717) is 5.92 Å². The smallest absolute Gasteiger partial charge is 1.00 e. The number of allylic oxidation sites excluding steroid dienone is 4. The third-order valence-electron chi connectivity index (χ3n) is 4.10. The summed E-state index contributed by atoms with van der Waals surface area (Å²) < 4.78 is 6.58. The SMILES string of the molecule is CCC1C=CC=CC1([Se]n1cc[n+](C)c1)n1nc(C)cc1C.[I-]. The zero-order valence-corrected chi connectivity index (χ0v) is 17.8. The molecule has 0 spiro atoms. The first-order valence-electron chi connectivity index (χ1n) is 7.67. The maximum absolute atomic E-state index is 4.83. The van der Waals surface area contributed by atoms with Crippen molar-refractivity contribution in [3.63, 3.8) is 0 Å². The second-order valence-corrected chi connectivity index (χ2v) is 8.52. The van der Waals surface area contributed by atoms with Crippen molar-refractivity contribution in [2.75, 3.05) is 0 Å². The van der Waals surface area contributed by atoms with Crippen molar-refractivity contribution in [1.82, 2.24) is 13.4 Å². The summed E-state index contributed by atoms with van der Waals surface area (Å²) in [6, 6.07) is 2.17. The van der Waals surface area contributed by atoms with Crippen LogP contribution in [0.25, 0.3) is 0 Å². The molecule has 2 aromatic heterocycles. The van der Waals surface area contributed by atoms with E-state index in [-0.39, 0.29) is 43.6 Å². The van der Waals surface area contributed by atoms with Gasteiger partial charge in [0.05, 0.1) is 0 Å². The number of aromatic nitrogens is 4. The Kier molecular flexibility index (Phi) is 5.92. The summed E-state index contributed by atoms with van der Waals surface area (Å²) in [7, 11) is 2.07. The monoisotopic (exact) mass is 490 g/mol. The molecule has 0 saturated heterocycles. The third kappa shape index (κ3) is 3.49. The summed E-state index contributed by atoms with van der Waals surface area (Å²) >= 11 is 0.194. The molecule has 0 bridgehead atoms. The summed E-state index contributed by atoms with van der Waals surface area (Å²) in [5.74, 6) is 0.461. The van der Waals surface area contributed by atoms with E-state index in [0.717, 1.165) is 12.1 Å². The topological polar surface area (TPSA) is 26.6 Å². The van der Waals surface area contributed by atoms with Crippen molar-refractivity contribution in [2.24, 2.45) is 13.0 Å². The summed E-state index contributed by atoms with van der Waals surface area (Å²) in [6.45, 7) is 6.50. The molecule has 0 amide bonds. The Hall–Kier alpha value is -0.851. The van der Waals surface area contributed by atoms with Crippen LogP contribution >= 0.6 is 0 Å². The number of hydrogen-bond donors (Lipinski definition) is 0. The number of aryl methyl sites for hydroxylation is 3. The minimum Gasteiger partial charge on any atom is -1.00 e. The number of nitrogens with zero attached hydrogens (tertiary/aromatic N) is 4. The van der Waals surface area contributed by atoms with E-state index in [2.05, 4.69) is 89.7 Å². The van der Waals surface area contributed by atoms with E-state index >= 15 is 0 Å². The van der Waals surface area contributed by atoms with Gasteiger partial charge in [-0.25, -0.2) is 0 Å². The van der Waals surface area contributed by atoms with Gasteiger partial charge in [0.2, 0.25) is 0 Å². The Labute approximate surface area is 161 Å². The molecular formula is C17H23IN4Se. The van der Waals surface area contributed by atoms with E-state index < -0.39 is 0 Å². The molecule has 4 nitrogen and oxygen atoms in total. The second kappa shape index (κ2) is 7.36. The molecule has 2 heterocycles. The first kappa shape index (κ1) is 18.5. The first-order valence-corrected chi connectivity index (χ1v) is 9.30. The average Bonchev–Trinajstić information content (AvgIpc) is 3.04. The fourth-order valence-electron chi connectivity index (χ4n) is 3.08. The average molecular weight is 489 g/mol. The zero-order valence-electron chi connectivity index (χ0n) is 14.0. The Morgan fingerprint density at radius 1 is 1.35 bits per heavy atom. The van der Waals surface area contributed by atoms with Crippen LogP contribution < -0.4 is 28.5 Å². The van der Waals surface area contributed by atoms with E-state index in [4.69, 9.17) is 5.10 Å². The molecule has 1 aliphatic carbocycles. The fourth-order valence-corrected chi connectivity index (χ4v) is 6.08. The fraction of sp³-hybridized carbons (Fsp3) is 0.412. The van der Waals surface area contributed by atoms with Crippen molar-refractivity contribution >= 4 is 15.2 Å². The minimum absolute atomic E-state index is 0. The van der Waals surface area contributed by atoms with Crippen molar-refractivity contribution in [1.29, 1.82) is 0 Å². The number of halogens is 1. The van der Waals surface area contributed by atoms with Gasteiger partial charge in [-0.15, -0.1) is 0 Å². The Balaban J connectivity index is 0.00000192. The molecule has 2 unspecified atom stereocenters. The van der Waals surface area contributed by atoms with Gasteiger partial charge in [0.15, 0.2) is 0 Å². The third-order valence-corrected chi connectivity index (χ3v) is 6.89. The van der Waals surface area contributed by atoms with Crippen LogP contribution in [0.3, 0.4) is 0 Å². The first-order chi connectivity index (χ1) is 10.5. The van der Waals surface area contributed by atoms with Gasteiger partial charge in [-0.3, -0.25) is 0 Å². The van der Waals surface area contributed by atoms with Gasteiger partial charge in [-0.1, -0.05) is 0 Å². The summed E-state index contributed by atoms with van der Waals surface area (Å²) in [5.41, 5.74) is 2.32. The van der Waals surface area contributed by atoms with Gasteiger partial charge in [0.1, 0.15) is 0 Å². The minimum atomic E-state index is -0.0825. The van der Waals surface area contributed by atoms with Crippen molar-refractivity contribution in [3.05, 3.63) is 60.5 Å². The van der Waals surface area contributed by atoms with Crippen molar-refractivity contribution in [3.8, 4) is 0 Å². The van der Waals surface area contributed by atoms with Gasteiger partial charge in [-0.05, 0) is 0 Å². The van der Waals surface area contributed by atoms with Crippen molar-refractivity contribution < 1.29 is 28.5 Å². The van der Waals surface area contributed by atoms with Gasteiger partial charge >= 0.3 is 138 Å². The van der Waals surface area contributed by atoms with Gasteiger partial charge < -0.3 is 24.0 Å². The Morgan fingerprint density at radius 3 is 2.70 bits per heavy atom. The second-order valence-electron chi connectivity index (χ2n) is 5.88. The van der Waals surface area contributed by atoms with E-state index in [1.807, 2.05) is 0 Å². The van der Waals surface area contributed by atoms with E-state index in [9.17, 15) is 0 Å². The van der Waals surface area contributed by atoms with E-state index in [1.165, 1.54) is 5.69 Å². The van der Waals surface area contributed by atoms with Crippen LogP contribution in [0.5, 0.6) is 0 Å². The quantitative estimate of drug-likeness (QED) is 0.311. The summed E-state index contributed by atoms with van der Waals surface area (Å²) in [5, 5.41) is 4.83. The van der Waals surface area contributed by atoms with Crippen LogP contribution in [-0.2, 0) is 11.5 Å². The van der Waals surface area contributed by atoms with Crippen LogP contribution in [0.1, 0.15) is 24.7 Å². The predicted octanol–water partition coefficient (Wildman–Crippen LogP) is -0.898. The molecule has 0 fully saturated rings. The molecule has 0 saturated carbocycles. The van der Waals surface area contributed by atoms with Crippen molar-refractivity contribution in [2.45, 2.75) is 31.6 Å². The number of hydrogen-bond acceptors (Lipinski definition) is 1. The van der Waals surface area contributed by atoms with Crippen LogP contribution in [0.15, 0.2) is 49.1 Å². The van der Waals surface area contributed by atoms with Gasteiger partial charge in [-0.2, -0.15) is 0 Å². The van der Waals surface area contributed by atoms with Crippen LogP contribution in [0.2, 0.25) is 0 Å². The largest absolute Gasteiger partial charge is 1.00 e. The molecule has 23 heavy (non-hydrogen) atoms. The number of rotatable bonds is 4. The molecule has 0 radical (unpaired) electrons. The van der Waals surface area contributed by atoms with Gasteiger partial charge in [0, 0.05) is 0 Å². The maximum atomic E-state index is 4.83. The number of imidazole rings is 1. The normalized spacial score (nSPS) is 23.0. The molecule has 0 N–H and O–H groups in total. The molecule has 6 heteroatoms. The molecule has 3 rings (SSSR count). The molecule has 2 atom stereocenters. The zero-order chi connectivity index (χ0) is 15.7. The molecule has 124 valence electrons. The molecule has 1 aliphatic rings. The molecule has 0 aliphatic heterocycles. The Bertz CT molecular complexity index is 731. The molecule has 0 aromatic carbocycles. The van der Waals surface area contributed by atoms with Gasteiger partial charge in [0.25, 0.3) is 0 Å². The summed E-state index contributed by atoms with van der Waals surface area (Å²) in [6.07, 6.45) is 16.5. The Morgan fingerprint density at radius 2 is 2.13 bits per heavy atom. The standard InChI is InChI=1S/C17H23N4Se.HI/c1-5-16-8-6-7-9-17(16,21-15(3)12-14(2)18-21)22-20-11-10-19(4)13-20;/h6-13,16H,5H2,1-4H3;1H/q+1;/p-1. The van der Waals surface area contributed by atoms with Crippen LogP contribution in [0, 0.1) is 19.8 Å². The van der Waals surface area contributed by atoms with E-state index in [1.54, 1.807) is 0 Å². The van der Waals surface area contributed by atoms with Crippen LogP contribution in [-0.4, -0.2) is 28.5 Å². The maximum Gasteiger partial charge on any atom is -1.00 e. The predicted molar refractivity (Wildman–Crippen MR) is 88.5 cm³/mol. The molecular weight excluding hydrogens is 466 g/mol. The molecule has 2 aromatic rings. The van der Waals surface area contributed by atoms with Crippen LogP contribution in [0.4, 0.5) is 0 Å². The summed E-state index contributed by atoms with van der Waals surface area (Å²) in [4.78, 5) is 0.